The quantitative estimate of drug-likeness (QED) is 0.755. The third-order valence-corrected chi connectivity index (χ3v) is 2.73. The first-order valence-corrected chi connectivity index (χ1v) is 7.00. The molecule has 1 aromatic carbocycles. The highest BCUT2D eigenvalue weighted by molar-refractivity contribution is 5.77. The Bertz CT molecular complexity index is 465. The summed E-state index contributed by atoms with van der Waals surface area (Å²) in [7, 11) is 0. The van der Waals surface area contributed by atoms with Crippen LogP contribution in [0.2, 0.25) is 0 Å². The van der Waals surface area contributed by atoms with Gasteiger partial charge in [0.05, 0.1) is 0 Å². The van der Waals surface area contributed by atoms with E-state index < -0.39 is 23.6 Å². The van der Waals surface area contributed by atoms with Gasteiger partial charge >= 0.3 is 11.9 Å². The van der Waals surface area contributed by atoms with Crippen LogP contribution in [0.4, 0.5) is 0 Å². The number of nitrogens with one attached hydrogen (secondary N) is 1. The average molecular weight is 293 g/mol. The van der Waals surface area contributed by atoms with Gasteiger partial charge in [-0.3, -0.25) is 9.59 Å². The first-order valence-electron chi connectivity index (χ1n) is 7.00. The van der Waals surface area contributed by atoms with E-state index in [2.05, 4.69) is 5.32 Å². The number of esters is 1. The van der Waals surface area contributed by atoms with E-state index in [-0.39, 0.29) is 12.8 Å². The number of aliphatic carboxylic acids is 1. The average Bonchev–Trinajstić information content (AvgIpc) is 2.37. The molecule has 0 fully saturated rings. The summed E-state index contributed by atoms with van der Waals surface area (Å²) in [6, 6.07) is 9.00. The van der Waals surface area contributed by atoms with E-state index >= 15 is 0 Å². The van der Waals surface area contributed by atoms with E-state index in [0.717, 1.165) is 5.56 Å². The molecule has 0 radical (unpaired) electrons. The normalized spacial score (nSPS) is 12.7. The van der Waals surface area contributed by atoms with Crippen molar-refractivity contribution in [2.24, 2.45) is 0 Å². The Morgan fingerprint density at radius 1 is 1.24 bits per heavy atom. The summed E-state index contributed by atoms with van der Waals surface area (Å²) in [5.41, 5.74) is 0.439. The van der Waals surface area contributed by atoms with Gasteiger partial charge in [0, 0.05) is 13.0 Å². The monoisotopic (exact) mass is 293 g/mol. The van der Waals surface area contributed by atoms with Crippen molar-refractivity contribution >= 4 is 11.9 Å². The number of ether oxygens (including phenoxy) is 1. The number of hydrogen-bond donors (Lipinski definition) is 2. The fourth-order valence-electron chi connectivity index (χ4n) is 1.78. The van der Waals surface area contributed by atoms with Gasteiger partial charge in [-0.05, 0) is 32.8 Å². The SMILES string of the molecule is CC(C)(C)OC(=O)C(CCC(=O)O)NCc1ccccc1. The summed E-state index contributed by atoms with van der Waals surface area (Å²) in [4.78, 5) is 22.8. The Hall–Kier alpha value is -1.88. The molecule has 1 aromatic rings. The number of carboxylic acid groups (broad SMARTS) is 1. The Morgan fingerprint density at radius 3 is 2.38 bits per heavy atom. The number of benzene rings is 1. The van der Waals surface area contributed by atoms with Crippen LogP contribution in [0, 0.1) is 0 Å². The predicted molar refractivity (Wildman–Crippen MR) is 79.8 cm³/mol. The van der Waals surface area contributed by atoms with Crippen LogP contribution >= 0.6 is 0 Å². The van der Waals surface area contributed by atoms with Gasteiger partial charge in [0.25, 0.3) is 0 Å². The molecule has 0 amide bonds. The summed E-state index contributed by atoms with van der Waals surface area (Å²) < 4.78 is 5.33. The van der Waals surface area contributed by atoms with Crippen molar-refractivity contribution in [3.8, 4) is 0 Å². The molecule has 5 nitrogen and oxygen atoms in total. The highest BCUT2D eigenvalue weighted by Crippen LogP contribution is 2.11. The zero-order valence-electron chi connectivity index (χ0n) is 12.8. The molecule has 21 heavy (non-hydrogen) atoms. The second-order valence-electron chi connectivity index (χ2n) is 5.88. The third-order valence-electron chi connectivity index (χ3n) is 2.73. The minimum absolute atomic E-state index is 0.0777. The van der Waals surface area contributed by atoms with Crippen LogP contribution in [0.3, 0.4) is 0 Å². The molecule has 116 valence electrons. The highest BCUT2D eigenvalue weighted by atomic mass is 16.6. The standard InChI is InChI=1S/C16H23NO4/c1-16(2,3)21-15(20)13(9-10-14(18)19)17-11-12-7-5-4-6-8-12/h4-8,13,17H,9-11H2,1-3H3,(H,18,19). The van der Waals surface area contributed by atoms with Gasteiger partial charge in [0.2, 0.25) is 0 Å². The smallest absolute Gasteiger partial charge is 0.323 e. The fraction of sp³-hybridized carbons (Fsp3) is 0.500. The molecular formula is C16H23NO4. The molecule has 1 unspecified atom stereocenters. The molecule has 0 saturated heterocycles. The van der Waals surface area contributed by atoms with Crippen LogP contribution in [0.5, 0.6) is 0 Å². The maximum absolute atomic E-state index is 12.1. The van der Waals surface area contributed by atoms with Crippen LogP contribution in [-0.2, 0) is 20.9 Å². The second kappa shape index (κ2) is 7.78. The molecule has 0 spiro atoms. The summed E-state index contributed by atoms with van der Waals surface area (Å²) >= 11 is 0. The Kier molecular flexibility index (Phi) is 6.37. The molecule has 0 bridgehead atoms. The molecular weight excluding hydrogens is 270 g/mol. The predicted octanol–water partition coefficient (Wildman–Crippen LogP) is 2.35. The molecule has 2 N–H and O–H groups in total. The minimum atomic E-state index is -0.926. The number of rotatable bonds is 7. The van der Waals surface area contributed by atoms with Crippen molar-refractivity contribution < 1.29 is 19.4 Å². The van der Waals surface area contributed by atoms with Crippen molar-refractivity contribution in [2.75, 3.05) is 0 Å². The summed E-state index contributed by atoms with van der Waals surface area (Å²) in [5.74, 6) is -1.34. The molecule has 0 heterocycles. The van der Waals surface area contributed by atoms with Crippen LogP contribution in [0.15, 0.2) is 30.3 Å². The first-order chi connectivity index (χ1) is 9.78. The molecule has 0 aliphatic carbocycles. The van der Waals surface area contributed by atoms with Gasteiger partial charge < -0.3 is 15.2 Å². The van der Waals surface area contributed by atoms with E-state index in [9.17, 15) is 9.59 Å². The van der Waals surface area contributed by atoms with Crippen LogP contribution in [0.25, 0.3) is 0 Å². The van der Waals surface area contributed by atoms with Gasteiger partial charge in [0.1, 0.15) is 11.6 Å². The highest BCUT2D eigenvalue weighted by Gasteiger charge is 2.25. The van der Waals surface area contributed by atoms with Crippen LogP contribution in [-0.4, -0.2) is 28.7 Å². The van der Waals surface area contributed by atoms with Gasteiger partial charge in [-0.25, -0.2) is 0 Å². The largest absolute Gasteiger partial charge is 0.481 e. The molecule has 0 saturated carbocycles. The van der Waals surface area contributed by atoms with Gasteiger partial charge in [-0.1, -0.05) is 30.3 Å². The lowest BCUT2D eigenvalue weighted by Gasteiger charge is -2.24. The minimum Gasteiger partial charge on any atom is -0.481 e. The van der Waals surface area contributed by atoms with E-state index in [1.807, 2.05) is 30.3 Å². The zero-order chi connectivity index (χ0) is 15.9. The Balaban J connectivity index is 2.63. The number of carboxylic acids is 1. The molecule has 1 atom stereocenters. The second-order valence-corrected chi connectivity index (χ2v) is 5.88. The summed E-state index contributed by atoms with van der Waals surface area (Å²) in [6.07, 6.45) is 0.128. The fourth-order valence-corrected chi connectivity index (χ4v) is 1.78. The lowest BCUT2D eigenvalue weighted by atomic mass is 10.1. The maximum Gasteiger partial charge on any atom is 0.323 e. The lowest BCUT2D eigenvalue weighted by Crippen LogP contribution is -2.41. The summed E-state index contributed by atoms with van der Waals surface area (Å²) in [5, 5.41) is 11.9. The topological polar surface area (TPSA) is 75.6 Å². The molecule has 5 heteroatoms. The third kappa shape index (κ3) is 7.46. The van der Waals surface area contributed by atoms with Gasteiger partial charge in [-0.2, -0.15) is 0 Å². The molecule has 1 rings (SSSR count). The molecule has 0 aliphatic heterocycles. The molecule has 0 aliphatic rings. The van der Waals surface area contributed by atoms with Crippen LogP contribution in [0.1, 0.15) is 39.2 Å². The van der Waals surface area contributed by atoms with E-state index in [1.54, 1.807) is 20.8 Å². The van der Waals surface area contributed by atoms with Crippen molar-refractivity contribution in [1.29, 1.82) is 0 Å². The van der Waals surface area contributed by atoms with Crippen molar-refractivity contribution in [3.05, 3.63) is 35.9 Å². The van der Waals surface area contributed by atoms with E-state index in [0.29, 0.717) is 6.54 Å². The Morgan fingerprint density at radius 2 is 1.86 bits per heavy atom. The number of carbonyl (C=O) groups is 2. The van der Waals surface area contributed by atoms with E-state index in [1.165, 1.54) is 0 Å². The lowest BCUT2D eigenvalue weighted by molar-refractivity contribution is -0.157. The Labute approximate surface area is 125 Å². The van der Waals surface area contributed by atoms with Crippen molar-refractivity contribution in [1.82, 2.24) is 5.32 Å². The van der Waals surface area contributed by atoms with Crippen molar-refractivity contribution in [3.63, 3.8) is 0 Å². The zero-order valence-corrected chi connectivity index (χ0v) is 12.8. The number of carbonyl (C=O) groups excluding carboxylic acids is 1. The van der Waals surface area contributed by atoms with Crippen molar-refractivity contribution in [2.45, 2.75) is 51.8 Å². The number of hydrogen-bond acceptors (Lipinski definition) is 4. The van der Waals surface area contributed by atoms with Gasteiger partial charge in [0.15, 0.2) is 0 Å². The first kappa shape index (κ1) is 17.2. The van der Waals surface area contributed by atoms with E-state index in [4.69, 9.17) is 9.84 Å². The summed E-state index contributed by atoms with van der Waals surface area (Å²) in [6.45, 7) is 5.85. The molecule has 0 aromatic heterocycles. The van der Waals surface area contributed by atoms with Gasteiger partial charge in [-0.15, -0.1) is 0 Å². The maximum atomic E-state index is 12.1. The van der Waals surface area contributed by atoms with Crippen LogP contribution < -0.4 is 5.32 Å².